The van der Waals surface area contributed by atoms with E-state index in [1.807, 2.05) is 72.3 Å². The van der Waals surface area contributed by atoms with Crippen LogP contribution < -0.4 is 5.32 Å². The van der Waals surface area contributed by atoms with E-state index in [1.54, 1.807) is 0 Å². The zero-order chi connectivity index (χ0) is 17.9. The van der Waals surface area contributed by atoms with Gasteiger partial charge in [-0.3, -0.25) is 4.79 Å². The van der Waals surface area contributed by atoms with Gasteiger partial charge in [-0.2, -0.15) is 0 Å². The molecule has 0 aliphatic heterocycles. The van der Waals surface area contributed by atoms with Crippen LogP contribution >= 0.6 is 11.8 Å². The highest BCUT2D eigenvalue weighted by atomic mass is 32.2. The lowest BCUT2D eigenvalue weighted by molar-refractivity contribution is -0.115. The molecule has 1 aliphatic rings. The molecule has 0 radical (unpaired) electrons. The third kappa shape index (κ3) is 3.80. The minimum Gasteiger partial charge on any atom is -0.325 e. The molecule has 1 fully saturated rings. The van der Waals surface area contributed by atoms with Crippen LogP contribution in [0.15, 0.2) is 65.8 Å². The third-order valence-corrected chi connectivity index (χ3v) is 5.20. The Morgan fingerprint density at radius 3 is 2.42 bits per heavy atom. The summed E-state index contributed by atoms with van der Waals surface area (Å²) in [6.07, 6.45) is 2.30. The van der Waals surface area contributed by atoms with Gasteiger partial charge in [0.25, 0.3) is 0 Å². The normalized spacial score (nSPS) is 14.8. The number of rotatable bonds is 6. The van der Waals surface area contributed by atoms with Crippen LogP contribution in [0.4, 0.5) is 5.69 Å². The summed E-state index contributed by atoms with van der Waals surface area (Å²) in [6.45, 7) is 1.88. The van der Waals surface area contributed by atoms with Gasteiger partial charge in [0.15, 0.2) is 0 Å². The molecule has 4 rings (SSSR count). The van der Waals surface area contributed by atoms with Crippen molar-refractivity contribution < 1.29 is 4.79 Å². The second-order valence-electron chi connectivity index (χ2n) is 6.39. The summed E-state index contributed by atoms with van der Waals surface area (Å²) in [6, 6.07) is 19.5. The van der Waals surface area contributed by atoms with Crippen molar-refractivity contribution >= 4 is 23.4 Å². The van der Waals surface area contributed by atoms with E-state index in [4.69, 9.17) is 4.98 Å². The molecule has 0 spiro atoms. The Labute approximate surface area is 156 Å². The van der Waals surface area contributed by atoms with Crippen molar-refractivity contribution in [2.75, 3.05) is 5.32 Å². The molecule has 3 aromatic rings. The van der Waals surface area contributed by atoms with E-state index in [1.165, 1.54) is 11.8 Å². The molecule has 1 aliphatic carbocycles. The van der Waals surface area contributed by atoms with E-state index in [2.05, 4.69) is 10.4 Å². The standard InChI is InChI=1S/C20H20N4OS/c1-14(19(25)21-16-8-4-2-5-9-16)26-20-22-18(15-12-13-15)24(23-20)17-10-6-3-7-11-17/h2-11,14-15H,12-13H2,1H3,(H,21,25)/t14-/m1/s1. The summed E-state index contributed by atoms with van der Waals surface area (Å²) in [5.41, 5.74) is 1.81. The first-order valence-corrected chi connectivity index (χ1v) is 9.63. The Kier molecular flexibility index (Phi) is 4.75. The number of para-hydroxylation sites is 2. The van der Waals surface area contributed by atoms with Gasteiger partial charge in [0, 0.05) is 11.6 Å². The molecule has 0 bridgehead atoms. The topological polar surface area (TPSA) is 59.8 Å². The van der Waals surface area contributed by atoms with Crippen LogP contribution in [-0.4, -0.2) is 25.9 Å². The molecule has 132 valence electrons. The van der Waals surface area contributed by atoms with Crippen molar-refractivity contribution in [3.8, 4) is 5.69 Å². The highest BCUT2D eigenvalue weighted by molar-refractivity contribution is 8.00. The maximum atomic E-state index is 12.4. The first-order valence-electron chi connectivity index (χ1n) is 8.75. The zero-order valence-electron chi connectivity index (χ0n) is 14.5. The molecule has 1 amide bonds. The molecule has 1 saturated carbocycles. The predicted molar refractivity (Wildman–Crippen MR) is 104 cm³/mol. The van der Waals surface area contributed by atoms with Crippen LogP contribution in [0, 0.1) is 0 Å². The van der Waals surface area contributed by atoms with Crippen LogP contribution in [0.5, 0.6) is 0 Å². The van der Waals surface area contributed by atoms with E-state index >= 15 is 0 Å². The lowest BCUT2D eigenvalue weighted by atomic mass is 10.3. The summed E-state index contributed by atoms with van der Waals surface area (Å²) >= 11 is 1.39. The minimum absolute atomic E-state index is 0.0507. The van der Waals surface area contributed by atoms with Crippen LogP contribution in [0.1, 0.15) is 31.5 Å². The number of thioether (sulfide) groups is 1. The highest BCUT2D eigenvalue weighted by Crippen LogP contribution is 2.40. The van der Waals surface area contributed by atoms with Gasteiger partial charge in [-0.25, -0.2) is 9.67 Å². The number of nitrogens with zero attached hydrogens (tertiary/aromatic N) is 3. The van der Waals surface area contributed by atoms with Crippen molar-refractivity contribution in [1.82, 2.24) is 14.8 Å². The van der Waals surface area contributed by atoms with Crippen LogP contribution in [0.25, 0.3) is 5.69 Å². The first-order chi connectivity index (χ1) is 12.7. The van der Waals surface area contributed by atoms with Gasteiger partial charge in [-0.05, 0) is 44.0 Å². The number of hydrogen-bond donors (Lipinski definition) is 1. The molecule has 26 heavy (non-hydrogen) atoms. The molecule has 1 N–H and O–H groups in total. The minimum atomic E-state index is -0.283. The molecule has 0 unspecified atom stereocenters. The van der Waals surface area contributed by atoms with E-state index in [9.17, 15) is 4.79 Å². The lowest BCUT2D eigenvalue weighted by Crippen LogP contribution is -2.22. The summed E-state index contributed by atoms with van der Waals surface area (Å²) in [5, 5.41) is 7.95. The van der Waals surface area contributed by atoms with Gasteiger partial charge < -0.3 is 5.32 Å². The third-order valence-electron chi connectivity index (χ3n) is 4.25. The zero-order valence-corrected chi connectivity index (χ0v) is 15.3. The van der Waals surface area contributed by atoms with E-state index in [-0.39, 0.29) is 11.2 Å². The molecule has 0 saturated heterocycles. The largest absolute Gasteiger partial charge is 0.325 e. The number of hydrogen-bond acceptors (Lipinski definition) is 4. The van der Waals surface area contributed by atoms with Crippen LogP contribution in [0.2, 0.25) is 0 Å². The second-order valence-corrected chi connectivity index (χ2v) is 7.70. The number of carbonyl (C=O) groups is 1. The van der Waals surface area contributed by atoms with E-state index in [0.29, 0.717) is 11.1 Å². The van der Waals surface area contributed by atoms with Gasteiger partial charge in [0.2, 0.25) is 11.1 Å². The van der Waals surface area contributed by atoms with E-state index < -0.39 is 0 Å². The fourth-order valence-corrected chi connectivity index (χ4v) is 3.45. The molecule has 2 aromatic carbocycles. The Bertz CT molecular complexity index is 891. The Morgan fingerprint density at radius 1 is 1.12 bits per heavy atom. The fourth-order valence-electron chi connectivity index (χ4n) is 2.70. The average Bonchev–Trinajstić information content (AvgIpc) is 3.43. The van der Waals surface area contributed by atoms with Crippen molar-refractivity contribution in [3.05, 3.63) is 66.5 Å². The molecule has 6 heteroatoms. The SMILES string of the molecule is C[C@@H](Sc1nc(C2CC2)n(-c2ccccc2)n1)C(=O)Nc1ccccc1. The van der Waals surface area contributed by atoms with Crippen LogP contribution in [-0.2, 0) is 4.79 Å². The summed E-state index contributed by atoms with van der Waals surface area (Å²) < 4.78 is 1.92. The number of anilines is 1. The number of nitrogens with one attached hydrogen (secondary N) is 1. The quantitative estimate of drug-likeness (QED) is 0.664. The van der Waals surface area contributed by atoms with Crippen molar-refractivity contribution in [3.63, 3.8) is 0 Å². The molecule has 5 nitrogen and oxygen atoms in total. The lowest BCUT2D eigenvalue weighted by Gasteiger charge is -2.09. The average molecular weight is 364 g/mol. The summed E-state index contributed by atoms with van der Waals surface area (Å²) in [4.78, 5) is 17.1. The number of amides is 1. The number of aromatic nitrogens is 3. The maximum Gasteiger partial charge on any atom is 0.237 e. The second kappa shape index (κ2) is 7.33. The molecule has 1 atom stereocenters. The van der Waals surface area contributed by atoms with Gasteiger partial charge in [0.1, 0.15) is 5.82 Å². The number of benzene rings is 2. The number of carbonyl (C=O) groups excluding carboxylic acids is 1. The van der Waals surface area contributed by atoms with Gasteiger partial charge in [-0.1, -0.05) is 48.2 Å². The Balaban J connectivity index is 1.50. The summed E-state index contributed by atoms with van der Waals surface area (Å²) in [5.74, 6) is 1.42. The van der Waals surface area contributed by atoms with Crippen LogP contribution in [0.3, 0.4) is 0 Å². The van der Waals surface area contributed by atoms with Crippen molar-refractivity contribution in [2.45, 2.75) is 36.1 Å². The highest BCUT2D eigenvalue weighted by Gasteiger charge is 2.31. The molecule has 1 heterocycles. The molecular weight excluding hydrogens is 344 g/mol. The molecular formula is C20H20N4OS. The van der Waals surface area contributed by atoms with Gasteiger partial charge >= 0.3 is 0 Å². The fraction of sp³-hybridized carbons (Fsp3) is 0.250. The first kappa shape index (κ1) is 16.8. The van der Waals surface area contributed by atoms with Gasteiger partial charge in [-0.15, -0.1) is 5.10 Å². The van der Waals surface area contributed by atoms with Gasteiger partial charge in [0.05, 0.1) is 10.9 Å². The summed E-state index contributed by atoms with van der Waals surface area (Å²) in [7, 11) is 0. The Hall–Kier alpha value is -2.60. The molecule has 1 aromatic heterocycles. The monoisotopic (exact) mass is 364 g/mol. The maximum absolute atomic E-state index is 12.4. The van der Waals surface area contributed by atoms with E-state index in [0.717, 1.165) is 30.0 Å². The van der Waals surface area contributed by atoms with Crippen molar-refractivity contribution in [1.29, 1.82) is 0 Å². The smallest absolute Gasteiger partial charge is 0.237 e. The Morgan fingerprint density at radius 2 is 1.77 bits per heavy atom. The predicted octanol–water partition coefficient (Wildman–Crippen LogP) is 4.26. The van der Waals surface area contributed by atoms with Crippen molar-refractivity contribution in [2.24, 2.45) is 0 Å².